The third-order valence-corrected chi connectivity index (χ3v) is 6.57. The zero-order valence-electron chi connectivity index (χ0n) is 20.4. The van der Waals surface area contributed by atoms with Crippen LogP contribution in [0.2, 0.25) is 0 Å². The molecule has 2 aliphatic heterocycles. The number of hydrogen-bond donors (Lipinski definition) is 1. The third-order valence-electron chi connectivity index (χ3n) is 6.57. The van der Waals surface area contributed by atoms with E-state index in [0.29, 0.717) is 43.0 Å². The van der Waals surface area contributed by atoms with Gasteiger partial charge in [-0.1, -0.05) is 12.1 Å². The van der Waals surface area contributed by atoms with E-state index in [4.69, 9.17) is 9.47 Å². The van der Waals surface area contributed by atoms with Crippen LogP contribution in [0.1, 0.15) is 43.0 Å². The molecule has 2 aromatic carbocycles. The lowest BCUT2D eigenvalue weighted by molar-refractivity contribution is -0.139. The molecule has 2 atom stereocenters. The van der Waals surface area contributed by atoms with Gasteiger partial charge >= 0.3 is 0 Å². The van der Waals surface area contributed by atoms with Crippen LogP contribution in [-0.4, -0.2) is 50.5 Å². The number of aromatic nitrogens is 2. The summed E-state index contributed by atoms with van der Waals surface area (Å²) in [6, 6.07) is 12.0. The molecule has 1 N–H and O–H groups in total. The number of fused-ring (bicyclic) bond motifs is 1. The van der Waals surface area contributed by atoms with E-state index in [0.717, 1.165) is 17.7 Å². The summed E-state index contributed by atoms with van der Waals surface area (Å²) in [5.41, 5.74) is 2.26. The second kappa shape index (κ2) is 9.89. The monoisotopic (exact) mass is 487 g/mol. The molecule has 8 heteroatoms. The number of aliphatic hydroxyl groups is 1. The Morgan fingerprint density at radius 3 is 2.83 bits per heavy atom. The van der Waals surface area contributed by atoms with Gasteiger partial charge in [0.2, 0.25) is 0 Å². The first-order valence-electron chi connectivity index (χ1n) is 12.2. The number of carbonyl (C=O) groups is 2. The van der Waals surface area contributed by atoms with Crippen molar-refractivity contribution in [3.05, 3.63) is 83.4 Å². The number of aryl methyl sites for hydroxylation is 1. The van der Waals surface area contributed by atoms with Crippen LogP contribution in [0.4, 0.5) is 0 Å². The van der Waals surface area contributed by atoms with Crippen molar-refractivity contribution in [2.75, 3.05) is 13.2 Å². The molecule has 36 heavy (non-hydrogen) atoms. The molecule has 3 aromatic rings. The first-order valence-corrected chi connectivity index (χ1v) is 12.2. The number of aliphatic hydroxyl groups excluding tert-OH is 1. The number of amides is 1. The number of ether oxygens (including phenoxy) is 2. The van der Waals surface area contributed by atoms with E-state index >= 15 is 0 Å². The molecule has 0 radical (unpaired) electrons. The van der Waals surface area contributed by atoms with Gasteiger partial charge in [-0.05, 0) is 61.7 Å². The molecule has 1 fully saturated rings. The van der Waals surface area contributed by atoms with E-state index in [1.807, 2.05) is 54.9 Å². The third kappa shape index (κ3) is 4.46. The van der Waals surface area contributed by atoms with Crippen molar-refractivity contribution in [1.82, 2.24) is 14.5 Å². The van der Waals surface area contributed by atoms with E-state index < -0.39 is 17.7 Å². The summed E-state index contributed by atoms with van der Waals surface area (Å²) in [4.78, 5) is 32.2. The van der Waals surface area contributed by atoms with Crippen LogP contribution in [0.25, 0.3) is 5.76 Å². The van der Waals surface area contributed by atoms with E-state index in [-0.39, 0.29) is 17.4 Å². The molecular formula is C28H29N3O5. The minimum absolute atomic E-state index is 0.0554. The predicted octanol–water partition coefficient (Wildman–Crippen LogP) is 4.12. The number of hydrogen-bond acceptors (Lipinski definition) is 6. The summed E-state index contributed by atoms with van der Waals surface area (Å²) in [5, 5.41) is 11.4. The van der Waals surface area contributed by atoms with Crippen LogP contribution in [0, 0.1) is 0 Å². The molecule has 0 bridgehead atoms. The number of benzene rings is 2. The number of Topliss-reactive ketones (excluding diaryl/α,β-unsaturated/α-hetero) is 1. The Morgan fingerprint density at radius 1 is 1.19 bits per heavy atom. The Hall–Kier alpha value is -4.07. The second-order valence-corrected chi connectivity index (χ2v) is 9.11. The summed E-state index contributed by atoms with van der Waals surface area (Å²) >= 11 is 0. The van der Waals surface area contributed by atoms with Crippen molar-refractivity contribution < 1.29 is 24.2 Å². The maximum absolute atomic E-state index is 13.3. The normalized spacial score (nSPS) is 20.4. The molecule has 0 spiro atoms. The average molecular weight is 488 g/mol. The first-order chi connectivity index (χ1) is 17.5. The molecule has 8 nitrogen and oxygen atoms in total. The van der Waals surface area contributed by atoms with Crippen molar-refractivity contribution in [3.8, 4) is 11.5 Å². The SMILES string of the molecule is CCOc1cccc(C2C(=C(O)c3ccc4c(c3)CC(C)O4)C(=O)C(=O)N2CCCn2ccnc2)c1. The van der Waals surface area contributed by atoms with Crippen molar-refractivity contribution in [2.24, 2.45) is 0 Å². The van der Waals surface area contributed by atoms with E-state index in [1.54, 1.807) is 29.6 Å². The minimum Gasteiger partial charge on any atom is -0.507 e. The topological polar surface area (TPSA) is 93.9 Å². The highest BCUT2D eigenvalue weighted by molar-refractivity contribution is 6.46. The van der Waals surface area contributed by atoms with Crippen molar-refractivity contribution in [2.45, 2.75) is 45.4 Å². The Bertz CT molecular complexity index is 1310. The maximum Gasteiger partial charge on any atom is 0.295 e. The number of rotatable bonds is 8. The van der Waals surface area contributed by atoms with E-state index in [9.17, 15) is 14.7 Å². The lowest BCUT2D eigenvalue weighted by Gasteiger charge is -2.26. The molecule has 0 saturated carbocycles. The van der Waals surface area contributed by atoms with Crippen LogP contribution < -0.4 is 9.47 Å². The molecule has 1 aromatic heterocycles. The molecule has 1 amide bonds. The summed E-state index contributed by atoms with van der Waals surface area (Å²) in [6.07, 6.45) is 6.68. The molecule has 186 valence electrons. The summed E-state index contributed by atoms with van der Waals surface area (Å²) < 4.78 is 13.4. The van der Waals surface area contributed by atoms with Gasteiger partial charge in [-0.25, -0.2) is 4.98 Å². The van der Waals surface area contributed by atoms with Crippen LogP contribution in [0.5, 0.6) is 11.5 Å². The fourth-order valence-electron chi connectivity index (χ4n) is 4.97. The van der Waals surface area contributed by atoms with Gasteiger partial charge in [0.1, 0.15) is 23.4 Å². The van der Waals surface area contributed by atoms with Gasteiger partial charge in [0.25, 0.3) is 11.7 Å². The molecule has 5 rings (SSSR count). The van der Waals surface area contributed by atoms with Crippen LogP contribution in [0.15, 0.2) is 66.8 Å². The van der Waals surface area contributed by atoms with Gasteiger partial charge in [0.15, 0.2) is 0 Å². The maximum atomic E-state index is 13.3. The first kappa shape index (κ1) is 23.7. The van der Waals surface area contributed by atoms with Crippen LogP contribution in [-0.2, 0) is 22.6 Å². The lowest BCUT2D eigenvalue weighted by Crippen LogP contribution is -2.31. The molecule has 2 unspecified atom stereocenters. The minimum atomic E-state index is -0.725. The van der Waals surface area contributed by atoms with E-state index in [2.05, 4.69) is 4.98 Å². The molecular weight excluding hydrogens is 458 g/mol. The van der Waals surface area contributed by atoms with Gasteiger partial charge in [0, 0.05) is 37.5 Å². The van der Waals surface area contributed by atoms with Gasteiger partial charge in [-0.3, -0.25) is 9.59 Å². The smallest absolute Gasteiger partial charge is 0.295 e. The predicted molar refractivity (Wildman–Crippen MR) is 134 cm³/mol. The second-order valence-electron chi connectivity index (χ2n) is 9.11. The van der Waals surface area contributed by atoms with Gasteiger partial charge in [0.05, 0.1) is 24.5 Å². The van der Waals surface area contributed by atoms with Gasteiger partial charge < -0.3 is 24.0 Å². The fourth-order valence-corrected chi connectivity index (χ4v) is 4.97. The Balaban J connectivity index is 1.54. The van der Waals surface area contributed by atoms with E-state index in [1.165, 1.54) is 0 Å². The Labute approximate surface area is 209 Å². The van der Waals surface area contributed by atoms with Crippen molar-refractivity contribution in [3.63, 3.8) is 0 Å². The zero-order chi connectivity index (χ0) is 25.2. The number of nitrogens with zero attached hydrogens (tertiary/aromatic N) is 3. The molecule has 2 aliphatic rings. The highest BCUT2D eigenvalue weighted by Gasteiger charge is 2.46. The number of carbonyl (C=O) groups excluding carboxylic acids is 2. The standard InChI is InChI=1S/C28H29N3O5/c1-3-35-22-7-4-6-19(16-22)25-24(26(32)20-8-9-23-21(15-20)14-18(2)36-23)27(33)28(34)31(25)12-5-11-30-13-10-29-17-30/h4,6-10,13,15-18,25,32H,3,5,11-12,14H2,1-2H3. The summed E-state index contributed by atoms with van der Waals surface area (Å²) in [7, 11) is 0. The molecule has 3 heterocycles. The van der Waals surface area contributed by atoms with Gasteiger partial charge in [-0.2, -0.15) is 0 Å². The number of likely N-dealkylation sites (tertiary alicyclic amines) is 1. The fraction of sp³-hybridized carbons (Fsp3) is 0.321. The number of imidazole rings is 1. The highest BCUT2D eigenvalue weighted by atomic mass is 16.5. The van der Waals surface area contributed by atoms with Crippen molar-refractivity contribution in [1.29, 1.82) is 0 Å². The Morgan fingerprint density at radius 2 is 2.06 bits per heavy atom. The average Bonchev–Trinajstić information content (AvgIpc) is 3.58. The lowest BCUT2D eigenvalue weighted by atomic mass is 9.94. The summed E-state index contributed by atoms with van der Waals surface area (Å²) in [5.74, 6) is -0.0681. The zero-order valence-corrected chi connectivity index (χ0v) is 20.4. The molecule has 1 saturated heterocycles. The molecule has 0 aliphatic carbocycles. The van der Waals surface area contributed by atoms with Crippen molar-refractivity contribution >= 4 is 17.4 Å². The largest absolute Gasteiger partial charge is 0.507 e. The highest BCUT2D eigenvalue weighted by Crippen LogP contribution is 2.41. The quantitative estimate of drug-likeness (QED) is 0.292. The number of ketones is 1. The van der Waals surface area contributed by atoms with Gasteiger partial charge in [-0.15, -0.1) is 0 Å². The van der Waals surface area contributed by atoms with Crippen LogP contribution in [0.3, 0.4) is 0 Å². The summed E-state index contributed by atoms with van der Waals surface area (Å²) in [6.45, 7) is 5.37. The van der Waals surface area contributed by atoms with Crippen LogP contribution >= 0.6 is 0 Å². The Kier molecular flexibility index (Phi) is 6.50.